The Labute approximate surface area is 282 Å². The van der Waals surface area contributed by atoms with Gasteiger partial charge in [0.1, 0.15) is 11.8 Å². The average molecular weight is 658 g/mol. The van der Waals surface area contributed by atoms with Gasteiger partial charge in [-0.15, -0.1) is 0 Å². The summed E-state index contributed by atoms with van der Waals surface area (Å²) in [7, 11) is 0. The van der Waals surface area contributed by atoms with Crippen LogP contribution < -0.4 is 15.0 Å². The van der Waals surface area contributed by atoms with E-state index in [4.69, 9.17) is 21.7 Å². The summed E-state index contributed by atoms with van der Waals surface area (Å²) < 4.78 is 10.6. The van der Waals surface area contributed by atoms with E-state index in [0.717, 1.165) is 51.4 Å². The number of hydrogen-bond donors (Lipinski definition) is 1. The molecular weight excluding hydrogens is 614 g/mol. The third kappa shape index (κ3) is 8.94. The number of carbonyl (C=O) groups is 3. The van der Waals surface area contributed by atoms with Gasteiger partial charge in [-0.2, -0.15) is 0 Å². The molecule has 0 aliphatic carbocycles. The first-order chi connectivity index (χ1) is 22.9. The molecule has 0 unspecified atom stereocenters. The second-order valence-electron chi connectivity index (χ2n) is 11.6. The largest absolute Gasteiger partial charge is 0.494 e. The van der Waals surface area contributed by atoms with E-state index in [1.807, 2.05) is 17.9 Å². The van der Waals surface area contributed by atoms with Gasteiger partial charge in [-0.1, -0.05) is 30.3 Å². The number of benzene rings is 3. The van der Waals surface area contributed by atoms with Gasteiger partial charge in [-0.05, 0) is 93.1 Å². The second-order valence-corrected chi connectivity index (χ2v) is 12.0. The fourth-order valence-corrected chi connectivity index (χ4v) is 6.37. The summed E-state index contributed by atoms with van der Waals surface area (Å²) in [6.45, 7) is 10.8. The first kappa shape index (κ1) is 34.0. The molecule has 11 heteroatoms. The van der Waals surface area contributed by atoms with Crippen molar-refractivity contribution in [1.82, 2.24) is 14.7 Å². The summed E-state index contributed by atoms with van der Waals surface area (Å²) in [5.74, 6) is -0.263. The quantitative estimate of drug-likeness (QED) is 0.194. The second kappa shape index (κ2) is 16.5. The maximum absolute atomic E-state index is 13.9. The Balaban J connectivity index is 1.22. The lowest BCUT2D eigenvalue weighted by Crippen LogP contribution is -2.47. The molecule has 2 amide bonds. The maximum Gasteiger partial charge on any atom is 0.338 e. The highest BCUT2D eigenvalue weighted by Gasteiger charge is 2.44. The highest BCUT2D eigenvalue weighted by Crippen LogP contribution is 2.28. The predicted molar refractivity (Wildman–Crippen MR) is 187 cm³/mol. The van der Waals surface area contributed by atoms with E-state index in [9.17, 15) is 14.4 Å². The van der Waals surface area contributed by atoms with Crippen molar-refractivity contribution < 1.29 is 23.9 Å². The van der Waals surface area contributed by atoms with Crippen LogP contribution in [0.5, 0.6) is 5.75 Å². The lowest BCUT2D eigenvalue weighted by Gasteiger charge is -2.35. The Kier molecular flexibility index (Phi) is 11.9. The van der Waals surface area contributed by atoms with E-state index in [0.29, 0.717) is 35.2 Å². The Morgan fingerprint density at radius 1 is 0.851 bits per heavy atom. The average Bonchev–Trinajstić information content (AvgIpc) is 3.31. The highest BCUT2D eigenvalue weighted by atomic mass is 32.1. The number of thiocarbonyl (C=S) groups is 1. The number of carbonyl (C=O) groups excluding carboxylic acids is 3. The van der Waals surface area contributed by atoms with Gasteiger partial charge in [-0.3, -0.25) is 19.4 Å². The summed E-state index contributed by atoms with van der Waals surface area (Å²) >= 11 is 5.87. The van der Waals surface area contributed by atoms with Gasteiger partial charge < -0.3 is 24.6 Å². The van der Waals surface area contributed by atoms with Crippen LogP contribution >= 0.6 is 12.2 Å². The Morgan fingerprint density at radius 2 is 1.53 bits per heavy atom. The normalized spacial score (nSPS) is 17.2. The standard InChI is InChI=1S/C36H43N5O5S/c1-3-45-31-17-13-29(14-18-31)37-33(42)25-32-34(43)41(30-15-11-28(12-16-30)35(44)46-4-2)36(47)40(32)20-8-19-38-21-23-39(24-22-38)26-27-9-6-5-7-10-27/h5-7,9-18,32H,3-4,8,19-26H2,1-2H3,(H,37,42)/t32-/m0/s1. The van der Waals surface area contributed by atoms with Crippen LogP contribution in [0.2, 0.25) is 0 Å². The molecule has 2 heterocycles. The summed E-state index contributed by atoms with van der Waals surface area (Å²) in [6.07, 6.45) is 0.737. The smallest absolute Gasteiger partial charge is 0.338 e. The molecule has 0 aromatic heterocycles. The van der Waals surface area contributed by atoms with Crippen molar-refractivity contribution in [1.29, 1.82) is 0 Å². The van der Waals surface area contributed by atoms with Crippen molar-refractivity contribution >= 4 is 46.5 Å². The van der Waals surface area contributed by atoms with Crippen molar-refractivity contribution in [2.45, 2.75) is 39.3 Å². The minimum Gasteiger partial charge on any atom is -0.494 e. The number of anilines is 2. The molecule has 2 aliphatic heterocycles. The van der Waals surface area contributed by atoms with Gasteiger partial charge in [0.2, 0.25) is 5.91 Å². The molecule has 5 rings (SSSR count). The first-order valence-corrected chi connectivity index (χ1v) is 16.7. The SMILES string of the molecule is CCOC(=O)c1ccc(N2C(=O)[C@H](CC(=O)Nc3ccc(OCC)cc3)N(CCCN3CCN(Cc4ccccc4)CC3)C2=S)cc1. The molecule has 248 valence electrons. The molecule has 0 radical (unpaired) electrons. The van der Waals surface area contributed by atoms with Crippen molar-refractivity contribution in [2.24, 2.45) is 0 Å². The van der Waals surface area contributed by atoms with E-state index in [1.54, 1.807) is 55.5 Å². The van der Waals surface area contributed by atoms with Crippen LogP contribution in [-0.2, 0) is 20.9 Å². The molecule has 3 aromatic carbocycles. The number of amides is 2. The summed E-state index contributed by atoms with van der Waals surface area (Å²) in [5, 5.41) is 3.26. The molecule has 0 bridgehead atoms. The number of nitrogens with zero attached hydrogens (tertiary/aromatic N) is 4. The lowest BCUT2D eigenvalue weighted by atomic mass is 10.1. The number of hydrogen-bond acceptors (Lipinski definition) is 8. The third-order valence-electron chi connectivity index (χ3n) is 8.37. The zero-order valence-electron chi connectivity index (χ0n) is 27.1. The minimum atomic E-state index is -0.752. The fraction of sp³-hybridized carbons (Fsp3) is 0.389. The van der Waals surface area contributed by atoms with E-state index < -0.39 is 12.0 Å². The van der Waals surface area contributed by atoms with Crippen molar-refractivity contribution in [3.63, 3.8) is 0 Å². The molecule has 2 aliphatic rings. The number of esters is 1. The fourth-order valence-electron chi connectivity index (χ4n) is 5.95. The number of piperazine rings is 1. The Bertz CT molecular complexity index is 1510. The summed E-state index contributed by atoms with van der Waals surface area (Å²) in [5.41, 5.74) is 2.88. The zero-order valence-corrected chi connectivity index (χ0v) is 27.9. The third-order valence-corrected chi connectivity index (χ3v) is 8.79. The Morgan fingerprint density at radius 3 is 2.19 bits per heavy atom. The predicted octanol–water partition coefficient (Wildman–Crippen LogP) is 4.80. The van der Waals surface area contributed by atoms with Crippen LogP contribution in [0.1, 0.15) is 42.6 Å². The van der Waals surface area contributed by atoms with E-state index in [1.165, 1.54) is 10.5 Å². The van der Waals surface area contributed by atoms with Gasteiger partial charge in [0.25, 0.3) is 5.91 Å². The summed E-state index contributed by atoms with van der Waals surface area (Å²) in [4.78, 5) is 47.6. The minimum absolute atomic E-state index is 0.0538. The van der Waals surface area contributed by atoms with Crippen LogP contribution in [0, 0.1) is 0 Å². The van der Waals surface area contributed by atoms with Crippen molar-refractivity contribution in [3.8, 4) is 5.75 Å². The number of ether oxygens (including phenoxy) is 2. The highest BCUT2D eigenvalue weighted by molar-refractivity contribution is 7.80. The molecule has 3 aromatic rings. The van der Waals surface area contributed by atoms with Crippen LogP contribution in [0.25, 0.3) is 0 Å². The van der Waals surface area contributed by atoms with E-state index in [-0.39, 0.29) is 24.8 Å². The topological polar surface area (TPSA) is 94.7 Å². The molecule has 1 N–H and O–H groups in total. The zero-order chi connectivity index (χ0) is 33.2. The first-order valence-electron chi connectivity index (χ1n) is 16.3. The van der Waals surface area contributed by atoms with Crippen LogP contribution in [0.3, 0.4) is 0 Å². The van der Waals surface area contributed by atoms with E-state index in [2.05, 4.69) is 39.4 Å². The number of rotatable bonds is 14. The van der Waals surface area contributed by atoms with Gasteiger partial charge in [-0.25, -0.2) is 4.79 Å². The molecule has 1 atom stereocenters. The molecule has 47 heavy (non-hydrogen) atoms. The summed E-state index contributed by atoms with van der Waals surface area (Å²) in [6, 6.07) is 23.5. The number of nitrogens with one attached hydrogen (secondary N) is 1. The molecule has 0 spiro atoms. The molecule has 0 saturated carbocycles. The molecule has 2 fully saturated rings. The van der Waals surface area contributed by atoms with Gasteiger partial charge in [0.15, 0.2) is 5.11 Å². The van der Waals surface area contributed by atoms with Crippen LogP contribution in [-0.4, -0.2) is 96.1 Å². The lowest BCUT2D eigenvalue weighted by molar-refractivity contribution is -0.124. The van der Waals surface area contributed by atoms with Crippen molar-refractivity contribution in [3.05, 3.63) is 90.0 Å². The monoisotopic (exact) mass is 657 g/mol. The van der Waals surface area contributed by atoms with E-state index >= 15 is 0 Å². The molecule has 2 saturated heterocycles. The van der Waals surface area contributed by atoms with Crippen molar-refractivity contribution in [2.75, 3.05) is 62.7 Å². The van der Waals surface area contributed by atoms with Crippen LogP contribution in [0.4, 0.5) is 11.4 Å². The molecular formula is C36H43N5O5S. The van der Waals surface area contributed by atoms with Gasteiger partial charge >= 0.3 is 5.97 Å². The van der Waals surface area contributed by atoms with Gasteiger partial charge in [0.05, 0.1) is 30.9 Å². The molecule has 10 nitrogen and oxygen atoms in total. The van der Waals surface area contributed by atoms with Crippen LogP contribution in [0.15, 0.2) is 78.9 Å². The Hall–Kier alpha value is -4.32. The maximum atomic E-state index is 13.9. The van der Waals surface area contributed by atoms with Gasteiger partial charge in [0, 0.05) is 45.0 Å².